The first-order valence-corrected chi connectivity index (χ1v) is 10.1. The molecule has 1 aromatic carbocycles. The molecule has 8 heteroatoms. The zero-order chi connectivity index (χ0) is 22.0. The van der Waals surface area contributed by atoms with Crippen molar-refractivity contribution >= 4 is 0 Å². The number of ether oxygens (including phenoxy) is 1. The van der Waals surface area contributed by atoms with Crippen molar-refractivity contribution in [2.45, 2.75) is 45.6 Å². The van der Waals surface area contributed by atoms with Gasteiger partial charge in [0.1, 0.15) is 0 Å². The maximum Gasteiger partial charge on any atom is 0.416 e. The highest BCUT2D eigenvalue weighted by atomic mass is 19.4. The maximum atomic E-state index is 12.8. The van der Waals surface area contributed by atoms with Crippen LogP contribution in [0.15, 0.2) is 48.8 Å². The standard InChI is InChI=1S/C23H23F3N4O/c1-15(2)31-21-8-3-16(11-27-21)13-30-10-9-20-18(14-30)12-28-22(29-20)17-4-6-19(7-5-17)23(24,25)26/h3-8,11-12,15H,9-10,13-14H2,1-2H3. The summed E-state index contributed by atoms with van der Waals surface area (Å²) in [5.74, 6) is 1.07. The van der Waals surface area contributed by atoms with Gasteiger partial charge in [0.15, 0.2) is 5.82 Å². The van der Waals surface area contributed by atoms with Crippen LogP contribution in [0.5, 0.6) is 5.88 Å². The molecule has 1 aliphatic rings. The van der Waals surface area contributed by atoms with E-state index in [1.807, 2.05) is 32.2 Å². The lowest BCUT2D eigenvalue weighted by Crippen LogP contribution is -2.31. The fourth-order valence-electron chi connectivity index (χ4n) is 3.53. The number of rotatable bonds is 5. The molecule has 0 saturated heterocycles. The van der Waals surface area contributed by atoms with Gasteiger partial charge in [0.05, 0.1) is 17.4 Å². The minimum absolute atomic E-state index is 0.0874. The van der Waals surface area contributed by atoms with Crippen LogP contribution in [0, 0.1) is 0 Å². The predicted octanol–water partition coefficient (Wildman–Crippen LogP) is 4.90. The van der Waals surface area contributed by atoms with Gasteiger partial charge >= 0.3 is 6.18 Å². The second-order valence-electron chi connectivity index (χ2n) is 7.87. The highest BCUT2D eigenvalue weighted by molar-refractivity contribution is 5.56. The Morgan fingerprint density at radius 1 is 1.03 bits per heavy atom. The van der Waals surface area contributed by atoms with Crippen LogP contribution in [0.3, 0.4) is 0 Å². The monoisotopic (exact) mass is 428 g/mol. The second kappa shape index (κ2) is 8.63. The van der Waals surface area contributed by atoms with E-state index in [9.17, 15) is 13.2 Å². The third kappa shape index (κ3) is 5.19. The van der Waals surface area contributed by atoms with Crippen LogP contribution in [0.4, 0.5) is 13.2 Å². The summed E-state index contributed by atoms with van der Waals surface area (Å²) in [6.07, 6.45) is 0.102. The summed E-state index contributed by atoms with van der Waals surface area (Å²) in [7, 11) is 0. The lowest BCUT2D eigenvalue weighted by molar-refractivity contribution is -0.137. The molecule has 0 aliphatic carbocycles. The average molecular weight is 428 g/mol. The summed E-state index contributed by atoms with van der Waals surface area (Å²) in [6, 6.07) is 8.85. The minimum Gasteiger partial charge on any atom is -0.475 e. The quantitative estimate of drug-likeness (QED) is 0.578. The van der Waals surface area contributed by atoms with Crippen LogP contribution in [-0.2, 0) is 25.7 Å². The molecule has 0 unspecified atom stereocenters. The molecule has 0 bridgehead atoms. The summed E-state index contributed by atoms with van der Waals surface area (Å²) in [4.78, 5) is 15.6. The predicted molar refractivity (Wildman–Crippen MR) is 110 cm³/mol. The SMILES string of the molecule is CC(C)Oc1ccc(CN2CCc3nc(-c4ccc(C(F)(F)F)cc4)ncc3C2)cn1. The van der Waals surface area contributed by atoms with Gasteiger partial charge in [-0.1, -0.05) is 18.2 Å². The van der Waals surface area contributed by atoms with Gasteiger partial charge in [-0.15, -0.1) is 0 Å². The van der Waals surface area contributed by atoms with Crippen LogP contribution in [-0.4, -0.2) is 32.5 Å². The molecule has 4 rings (SSSR count). The van der Waals surface area contributed by atoms with Gasteiger partial charge < -0.3 is 4.74 Å². The molecule has 0 spiro atoms. The smallest absolute Gasteiger partial charge is 0.416 e. The Labute approximate surface area is 178 Å². The number of benzene rings is 1. The summed E-state index contributed by atoms with van der Waals surface area (Å²) < 4.78 is 43.9. The normalized spacial score (nSPS) is 14.5. The first-order valence-electron chi connectivity index (χ1n) is 10.1. The van der Waals surface area contributed by atoms with Crippen LogP contribution >= 0.6 is 0 Å². The Morgan fingerprint density at radius 3 is 2.45 bits per heavy atom. The molecule has 0 fully saturated rings. The zero-order valence-electron chi connectivity index (χ0n) is 17.4. The topological polar surface area (TPSA) is 51.1 Å². The van der Waals surface area contributed by atoms with Gasteiger partial charge in [0, 0.05) is 55.6 Å². The van der Waals surface area contributed by atoms with Crippen molar-refractivity contribution in [1.82, 2.24) is 19.9 Å². The zero-order valence-corrected chi connectivity index (χ0v) is 17.4. The fraction of sp³-hybridized carbons (Fsp3) is 0.348. The molecule has 162 valence electrons. The Bertz CT molecular complexity index is 1030. The Balaban J connectivity index is 1.42. The van der Waals surface area contributed by atoms with Crippen molar-refractivity contribution in [2.24, 2.45) is 0 Å². The Hall–Kier alpha value is -3.00. The molecule has 0 atom stereocenters. The van der Waals surface area contributed by atoms with Crippen LogP contribution in [0.25, 0.3) is 11.4 Å². The first-order chi connectivity index (χ1) is 14.8. The van der Waals surface area contributed by atoms with Crippen molar-refractivity contribution in [3.63, 3.8) is 0 Å². The highest BCUT2D eigenvalue weighted by Gasteiger charge is 2.30. The average Bonchev–Trinajstić information content (AvgIpc) is 2.74. The molecule has 31 heavy (non-hydrogen) atoms. The van der Waals surface area contributed by atoms with Crippen LogP contribution < -0.4 is 4.74 Å². The van der Waals surface area contributed by atoms with Crippen molar-refractivity contribution < 1.29 is 17.9 Å². The van der Waals surface area contributed by atoms with E-state index < -0.39 is 11.7 Å². The van der Waals surface area contributed by atoms with Gasteiger partial charge in [-0.3, -0.25) is 4.90 Å². The van der Waals surface area contributed by atoms with Crippen LogP contribution in [0.1, 0.15) is 36.2 Å². The van der Waals surface area contributed by atoms with Gasteiger partial charge in [-0.25, -0.2) is 15.0 Å². The van der Waals surface area contributed by atoms with Crippen molar-refractivity contribution in [1.29, 1.82) is 0 Å². The first kappa shape index (κ1) is 21.2. The molecule has 0 amide bonds. The highest BCUT2D eigenvalue weighted by Crippen LogP contribution is 2.30. The molecule has 2 aromatic heterocycles. The Kier molecular flexibility index (Phi) is 5.91. The van der Waals surface area contributed by atoms with Crippen LogP contribution in [0.2, 0.25) is 0 Å². The van der Waals surface area contributed by atoms with E-state index in [0.29, 0.717) is 23.8 Å². The lowest BCUT2D eigenvalue weighted by Gasteiger charge is -2.28. The molecule has 0 saturated carbocycles. The van der Waals surface area contributed by atoms with Crippen molar-refractivity contribution in [3.8, 4) is 17.3 Å². The Morgan fingerprint density at radius 2 is 1.81 bits per heavy atom. The number of alkyl halides is 3. The summed E-state index contributed by atoms with van der Waals surface area (Å²) >= 11 is 0. The van der Waals surface area contributed by atoms with Gasteiger partial charge in [-0.2, -0.15) is 13.2 Å². The molecule has 1 aliphatic heterocycles. The number of fused-ring (bicyclic) bond motifs is 1. The molecule has 3 heterocycles. The third-order valence-corrected chi connectivity index (χ3v) is 5.04. The number of halogens is 3. The molecule has 5 nitrogen and oxygen atoms in total. The molecular formula is C23H23F3N4O. The number of hydrogen-bond acceptors (Lipinski definition) is 5. The number of nitrogens with zero attached hydrogens (tertiary/aromatic N) is 4. The summed E-state index contributed by atoms with van der Waals surface area (Å²) in [5, 5.41) is 0. The van der Waals surface area contributed by atoms with E-state index in [2.05, 4.69) is 19.9 Å². The summed E-state index contributed by atoms with van der Waals surface area (Å²) in [6.45, 7) is 6.24. The van der Waals surface area contributed by atoms with E-state index in [0.717, 1.165) is 48.5 Å². The third-order valence-electron chi connectivity index (χ3n) is 5.04. The lowest BCUT2D eigenvalue weighted by atomic mass is 10.1. The van der Waals surface area contributed by atoms with E-state index in [4.69, 9.17) is 4.74 Å². The van der Waals surface area contributed by atoms with E-state index in [1.165, 1.54) is 12.1 Å². The number of hydrogen-bond donors (Lipinski definition) is 0. The molecule has 0 radical (unpaired) electrons. The largest absolute Gasteiger partial charge is 0.475 e. The fourth-order valence-corrected chi connectivity index (χ4v) is 3.53. The second-order valence-corrected chi connectivity index (χ2v) is 7.87. The van der Waals surface area contributed by atoms with E-state index in [-0.39, 0.29) is 6.10 Å². The number of pyridine rings is 1. The van der Waals surface area contributed by atoms with Gasteiger partial charge in [0.2, 0.25) is 5.88 Å². The molecule has 3 aromatic rings. The number of aromatic nitrogens is 3. The minimum atomic E-state index is -4.35. The molecular weight excluding hydrogens is 405 g/mol. The van der Waals surface area contributed by atoms with Gasteiger partial charge in [0.25, 0.3) is 0 Å². The molecule has 0 N–H and O–H groups in total. The van der Waals surface area contributed by atoms with Crippen molar-refractivity contribution in [3.05, 3.63) is 71.2 Å². The summed E-state index contributed by atoms with van der Waals surface area (Å²) in [5.41, 5.74) is 2.98. The van der Waals surface area contributed by atoms with Crippen molar-refractivity contribution in [2.75, 3.05) is 6.54 Å². The van der Waals surface area contributed by atoms with Gasteiger partial charge in [-0.05, 0) is 31.5 Å². The maximum absolute atomic E-state index is 12.8. The van der Waals surface area contributed by atoms with E-state index >= 15 is 0 Å². The van der Waals surface area contributed by atoms with E-state index in [1.54, 1.807) is 6.20 Å².